The van der Waals surface area contributed by atoms with Crippen molar-refractivity contribution in [3.63, 3.8) is 0 Å². The zero-order chi connectivity index (χ0) is 24.2. The molecule has 3 aromatic rings. The summed E-state index contributed by atoms with van der Waals surface area (Å²) in [5.74, 6) is -0.910. The van der Waals surface area contributed by atoms with Gasteiger partial charge in [-0.3, -0.25) is 9.29 Å². The molecule has 0 saturated carbocycles. The van der Waals surface area contributed by atoms with Crippen molar-refractivity contribution in [2.45, 2.75) is 31.5 Å². The van der Waals surface area contributed by atoms with E-state index in [2.05, 4.69) is 4.98 Å². The molecule has 1 N–H and O–H groups in total. The Hall–Kier alpha value is -3.17. The Morgan fingerprint density at radius 3 is 2.52 bits per heavy atom. The Labute approximate surface area is 196 Å². The molecule has 1 heterocycles. The van der Waals surface area contributed by atoms with Crippen LogP contribution in [0.4, 0.5) is 10.1 Å². The average molecular weight is 493 g/mol. The zero-order valence-electron chi connectivity index (χ0n) is 17.9. The van der Waals surface area contributed by atoms with Gasteiger partial charge in [0.1, 0.15) is 23.4 Å². The number of aromatic nitrogens is 1. The third kappa shape index (κ3) is 5.80. The van der Waals surface area contributed by atoms with Crippen LogP contribution in [0.3, 0.4) is 0 Å². The standard InChI is InChI=1S/C23H22ClFN2O5S/c1-15-10-21(27(13-16(2)25)33(30,31)19-4-3-9-26-12-19)22(11-20(15)24)32-14-17-5-7-18(8-6-17)23(28)29/h3-12,16H,13-14H2,1-2H3,(H,28,29)/t16-/m0/s1. The Kier molecular flexibility index (Phi) is 7.55. The number of carbonyl (C=O) groups is 1. The van der Waals surface area contributed by atoms with Crippen molar-refractivity contribution in [1.29, 1.82) is 0 Å². The molecule has 0 radical (unpaired) electrons. The molecule has 7 nitrogen and oxygen atoms in total. The average Bonchev–Trinajstić information content (AvgIpc) is 2.78. The van der Waals surface area contributed by atoms with Crippen molar-refractivity contribution in [2.24, 2.45) is 0 Å². The van der Waals surface area contributed by atoms with E-state index in [0.717, 1.165) is 4.31 Å². The molecular weight excluding hydrogens is 471 g/mol. The number of carboxylic acid groups (broad SMARTS) is 1. The summed E-state index contributed by atoms with van der Waals surface area (Å²) in [4.78, 5) is 14.8. The van der Waals surface area contributed by atoms with Crippen LogP contribution >= 0.6 is 11.6 Å². The van der Waals surface area contributed by atoms with Gasteiger partial charge in [0, 0.05) is 23.5 Å². The fourth-order valence-electron chi connectivity index (χ4n) is 3.04. The molecule has 2 aromatic carbocycles. The van der Waals surface area contributed by atoms with Crippen molar-refractivity contribution in [3.05, 3.63) is 82.6 Å². The van der Waals surface area contributed by atoms with Gasteiger partial charge in [0.15, 0.2) is 0 Å². The number of sulfonamides is 1. The minimum Gasteiger partial charge on any atom is -0.487 e. The van der Waals surface area contributed by atoms with Crippen LogP contribution in [-0.4, -0.2) is 37.2 Å². The topological polar surface area (TPSA) is 96.8 Å². The minimum atomic E-state index is -4.16. The second-order valence-corrected chi connectivity index (χ2v) is 9.64. The molecule has 1 atom stereocenters. The number of ether oxygens (including phenoxy) is 1. The number of rotatable bonds is 9. The summed E-state index contributed by atoms with van der Waals surface area (Å²) in [5, 5.41) is 9.39. The van der Waals surface area contributed by atoms with Crippen LogP contribution in [-0.2, 0) is 16.6 Å². The highest BCUT2D eigenvalue weighted by Gasteiger charge is 2.30. The van der Waals surface area contributed by atoms with Crippen molar-refractivity contribution >= 4 is 33.3 Å². The number of aromatic carboxylic acids is 1. The highest BCUT2D eigenvalue weighted by Crippen LogP contribution is 2.37. The number of benzene rings is 2. The first-order valence-corrected chi connectivity index (χ1v) is 11.7. The Balaban J connectivity index is 2.02. The van der Waals surface area contributed by atoms with Gasteiger partial charge in [-0.25, -0.2) is 17.6 Å². The van der Waals surface area contributed by atoms with Gasteiger partial charge in [0.2, 0.25) is 0 Å². The van der Waals surface area contributed by atoms with Gasteiger partial charge >= 0.3 is 5.97 Å². The number of aryl methyl sites for hydroxylation is 1. The maximum absolute atomic E-state index is 14.1. The van der Waals surface area contributed by atoms with Gasteiger partial charge in [0.25, 0.3) is 10.0 Å². The number of alkyl halides is 1. The van der Waals surface area contributed by atoms with Crippen LogP contribution < -0.4 is 9.04 Å². The monoisotopic (exact) mass is 492 g/mol. The van der Waals surface area contributed by atoms with E-state index in [4.69, 9.17) is 21.4 Å². The lowest BCUT2D eigenvalue weighted by Crippen LogP contribution is -2.36. The number of halogens is 2. The first-order valence-electron chi connectivity index (χ1n) is 9.91. The third-order valence-corrected chi connectivity index (χ3v) is 6.91. The molecule has 10 heteroatoms. The predicted molar refractivity (Wildman–Crippen MR) is 123 cm³/mol. The summed E-state index contributed by atoms with van der Waals surface area (Å²) < 4.78 is 47.7. The van der Waals surface area contributed by atoms with Crippen LogP contribution in [0.15, 0.2) is 65.8 Å². The number of pyridine rings is 1. The summed E-state index contributed by atoms with van der Waals surface area (Å²) >= 11 is 6.27. The molecule has 1 aromatic heterocycles. The maximum atomic E-state index is 14.1. The van der Waals surface area contributed by atoms with Gasteiger partial charge in [-0.05, 0) is 55.3 Å². The molecule has 0 aliphatic rings. The van der Waals surface area contributed by atoms with Crippen molar-refractivity contribution in [3.8, 4) is 5.75 Å². The fraction of sp³-hybridized carbons (Fsp3) is 0.217. The molecule has 0 bridgehead atoms. The SMILES string of the molecule is Cc1cc(N(C[C@H](C)F)S(=O)(=O)c2cccnc2)c(OCc2ccc(C(=O)O)cc2)cc1Cl. The minimum absolute atomic E-state index is 0.0122. The maximum Gasteiger partial charge on any atom is 0.335 e. The lowest BCUT2D eigenvalue weighted by Gasteiger charge is -2.27. The molecule has 0 spiro atoms. The molecule has 174 valence electrons. The van der Waals surface area contributed by atoms with Crippen molar-refractivity contribution in [1.82, 2.24) is 4.98 Å². The largest absolute Gasteiger partial charge is 0.487 e. The van der Waals surface area contributed by atoms with E-state index in [-0.39, 0.29) is 28.5 Å². The van der Waals surface area contributed by atoms with Gasteiger partial charge in [-0.1, -0.05) is 23.7 Å². The third-order valence-electron chi connectivity index (χ3n) is 4.74. The molecule has 33 heavy (non-hydrogen) atoms. The summed E-state index contributed by atoms with van der Waals surface area (Å²) in [5.41, 5.74) is 1.50. The predicted octanol–water partition coefficient (Wildman–Crippen LogP) is 4.87. The van der Waals surface area contributed by atoms with E-state index < -0.39 is 28.7 Å². The number of nitrogens with zero attached hydrogens (tertiary/aromatic N) is 2. The zero-order valence-corrected chi connectivity index (χ0v) is 19.5. The fourth-order valence-corrected chi connectivity index (χ4v) is 4.70. The van der Waals surface area contributed by atoms with E-state index in [1.165, 1.54) is 55.7 Å². The summed E-state index contributed by atoms with van der Waals surface area (Å²) in [6.45, 7) is 2.53. The summed E-state index contributed by atoms with van der Waals surface area (Å²) in [6.07, 6.45) is 1.17. The van der Waals surface area contributed by atoms with Crippen LogP contribution in [0.5, 0.6) is 5.75 Å². The lowest BCUT2D eigenvalue weighted by molar-refractivity contribution is 0.0697. The van der Waals surface area contributed by atoms with E-state index >= 15 is 0 Å². The van der Waals surface area contributed by atoms with Gasteiger partial charge < -0.3 is 9.84 Å². The van der Waals surface area contributed by atoms with Crippen LogP contribution in [0, 0.1) is 6.92 Å². The molecule has 0 aliphatic heterocycles. The molecule has 0 unspecified atom stereocenters. The second kappa shape index (κ2) is 10.2. The highest BCUT2D eigenvalue weighted by molar-refractivity contribution is 7.92. The summed E-state index contributed by atoms with van der Waals surface area (Å²) in [7, 11) is -4.16. The number of hydrogen-bond donors (Lipinski definition) is 1. The van der Waals surface area contributed by atoms with Gasteiger partial charge in [-0.2, -0.15) is 0 Å². The van der Waals surface area contributed by atoms with Gasteiger partial charge in [-0.15, -0.1) is 0 Å². The molecular formula is C23H22ClFN2O5S. The molecule has 3 rings (SSSR count). The first-order chi connectivity index (χ1) is 15.6. The number of carboxylic acids is 1. The molecule has 0 fully saturated rings. The lowest BCUT2D eigenvalue weighted by atomic mass is 10.1. The molecule has 0 aliphatic carbocycles. The van der Waals surface area contributed by atoms with Crippen LogP contribution in [0.1, 0.15) is 28.4 Å². The second-order valence-electron chi connectivity index (χ2n) is 7.37. The van der Waals surface area contributed by atoms with Crippen LogP contribution in [0.2, 0.25) is 5.02 Å². The van der Waals surface area contributed by atoms with E-state index in [1.807, 2.05) is 0 Å². The van der Waals surface area contributed by atoms with Gasteiger partial charge in [0.05, 0.1) is 17.8 Å². The van der Waals surface area contributed by atoms with Crippen molar-refractivity contribution < 1.29 is 27.4 Å². The number of hydrogen-bond acceptors (Lipinski definition) is 5. The van der Waals surface area contributed by atoms with E-state index in [0.29, 0.717) is 16.1 Å². The van der Waals surface area contributed by atoms with E-state index in [9.17, 15) is 17.6 Å². The Morgan fingerprint density at radius 2 is 1.94 bits per heavy atom. The quantitative estimate of drug-likeness (QED) is 0.457. The van der Waals surface area contributed by atoms with Crippen LogP contribution in [0.25, 0.3) is 0 Å². The highest BCUT2D eigenvalue weighted by atomic mass is 35.5. The van der Waals surface area contributed by atoms with Crippen molar-refractivity contribution in [2.75, 3.05) is 10.8 Å². The molecule has 0 saturated heterocycles. The Morgan fingerprint density at radius 1 is 1.24 bits per heavy atom. The number of anilines is 1. The smallest absolute Gasteiger partial charge is 0.335 e. The molecule has 0 amide bonds. The first kappa shape index (κ1) is 24.5. The van der Waals surface area contributed by atoms with E-state index in [1.54, 1.807) is 19.1 Å². The normalized spacial score (nSPS) is 12.2. The summed E-state index contributed by atoms with van der Waals surface area (Å²) in [6, 6.07) is 11.9. The Bertz CT molecular complexity index is 1240.